The molecule has 0 aliphatic carbocycles. The average Bonchev–Trinajstić information content (AvgIpc) is 2.93. The lowest BCUT2D eigenvalue weighted by Crippen LogP contribution is -2.46. The Morgan fingerprint density at radius 1 is 1.29 bits per heavy atom. The topological polar surface area (TPSA) is 64.2 Å². The van der Waals surface area contributed by atoms with Gasteiger partial charge in [0, 0.05) is 25.0 Å². The molecule has 0 saturated carbocycles. The molecule has 24 heavy (non-hydrogen) atoms. The number of carbonyl (C=O) groups excluding carboxylic acids is 1. The lowest BCUT2D eigenvalue weighted by atomic mass is 9.96. The van der Waals surface area contributed by atoms with Crippen molar-refractivity contribution in [2.45, 2.75) is 51.6 Å². The SMILES string of the molecule is CC(N)C(=O)N1CCCC(c2nc3ccccc3n2C(C)C)C1.Cl. The van der Waals surface area contributed by atoms with Gasteiger partial charge in [-0.05, 0) is 45.7 Å². The predicted molar refractivity (Wildman–Crippen MR) is 99.6 cm³/mol. The maximum absolute atomic E-state index is 12.2. The van der Waals surface area contributed by atoms with Crippen molar-refractivity contribution in [3.63, 3.8) is 0 Å². The molecule has 2 heterocycles. The second-order valence-corrected chi connectivity index (χ2v) is 6.83. The Labute approximate surface area is 149 Å². The van der Waals surface area contributed by atoms with Crippen LogP contribution in [0.2, 0.25) is 0 Å². The Hall–Kier alpha value is -1.59. The number of aromatic nitrogens is 2. The first-order valence-electron chi connectivity index (χ1n) is 8.50. The Bertz CT molecular complexity index is 710. The first kappa shape index (κ1) is 18.7. The van der Waals surface area contributed by atoms with Crippen molar-refractivity contribution in [2.24, 2.45) is 5.73 Å². The first-order valence-corrected chi connectivity index (χ1v) is 8.50. The van der Waals surface area contributed by atoms with Gasteiger partial charge < -0.3 is 15.2 Å². The van der Waals surface area contributed by atoms with Crippen molar-refractivity contribution >= 4 is 29.3 Å². The number of fused-ring (bicyclic) bond motifs is 1. The zero-order chi connectivity index (χ0) is 16.6. The second kappa shape index (κ2) is 7.53. The maximum Gasteiger partial charge on any atom is 0.239 e. The summed E-state index contributed by atoms with van der Waals surface area (Å²) in [5, 5.41) is 0. The molecule has 1 amide bonds. The number of amides is 1. The van der Waals surface area contributed by atoms with Crippen LogP contribution < -0.4 is 5.73 Å². The van der Waals surface area contributed by atoms with Gasteiger partial charge in [-0.2, -0.15) is 0 Å². The van der Waals surface area contributed by atoms with Gasteiger partial charge in [-0.1, -0.05) is 12.1 Å². The molecule has 2 aromatic rings. The van der Waals surface area contributed by atoms with Crippen molar-refractivity contribution in [1.29, 1.82) is 0 Å². The van der Waals surface area contributed by atoms with Crippen molar-refractivity contribution in [1.82, 2.24) is 14.5 Å². The minimum Gasteiger partial charge on any atom is -0.341 e. The smallest absolute Gasteiger partial charge is 0.239 e. The summed E-state index contributed by atoms with van der Waals surface area (Å²) in [6.45, 7) is 7.65. The molecule has 1 aromatic carbocycles. The van der Waals surface area contributed by atoms with Crippen molar-refractivity contribution < 1.29 is 4.79 Å². The highest BCUT2D eigenvalue weighted by Gasteiger charge is 2.30. The average molecular weight is 351 g/mol. The Balaban J connectivity index is 0.00000208. The zero-order valence-electron chi connectivity index (χ0n) is 14.6. The number of halogens is 1. The van der Waals surface area contributed by atoms with Gasteiger partial charge in [-0.15, -0.1) is 12.4 Å². The number of hydrogen-bond acceptors (Lipinski definition) is 3. The van der Waals surface area contributed by atoms with E-state index < -0.39 is 6.04 Å². The third kappa shape index (κ3) is 3.42. The van der Waals surface area contributed by atoms with Gasteiger partial charge in [-0.3, -0.25) is 4.79 Å². The minimum atomic E-state index is -0.433. The molecule has 2 N–H and O–H groups in total. The molecular weight excluding hydrogens is 324 g/mol. The van der Waals surface area contributed by atoms with Crippen LogP contribution >= 0.6 is 12.4 Å². The van der Waals surface area contributed by atoms with Crippen LogP contribution in [0.5, 0.6) is 0 Å². The minimum absolute atomic E-state index is 0. The van der Waals surface area contributed by atoms with Crippen LogP contribution in [-0.4, -0.2) is 39.5 Å². The van der Waals surface area contributed by atoms with E-state index in [4.69, 9.17) is 10.7 Å². The summed E-state index contributed by atoms with van der Waals surface area (Å²) in [5.41, 5.74) is 7.99. The number of imidazole rings is 1. The molecule has 5 nitrogen and oxygen atoms in total. The van der Waals surface area contributed by atoms with E-state index in [2.05, 4.69) is 36.6 Å². The summed E-state index contributed by atoms with van der Waals surface area (Å²) < 4.78 is 2.32. The highest BCUT2D eigenvalue weighted by Crippen LogP contribution is 2.31. The van der Waals surface area contributed by atoms with Crippen LogP contribution in [0.3, 0.4) is 0 Å². The monoisotopic (exact) mass is 350 g/mol. The van der Waals surface area contributed by atoms with Crippen LogP contribution in [0, 0.1) is 0 Å². The third-order valence-corrected chi connectivity index (χ3v) is 4.63. The Morgan fingerprint density at radius 3 is 2.67 bits per heavy atom. The van der Waals surface area contributed by atoms with Gasteiger partial charge in [0.2, 0.25) is 5.91 Å². The van der Waals surface area contributed by atoms with Gasteiger partial charge >= 0.3 is 0 Å². The number of piperidine rings is 1. The largest absolute Gasteiger partial charge is 0.341 e. The van der Waals surface area contributed by atoms with E-state index in [0.717, 1.165) is 37.3 Å². The van der Waals surface area contributed by atoms with Crippen LogP contribution in [0.15, 0.2) is 24.3 Å². The van der Waals surface area contributed by atoms with Crippen LogP contribution in [-0.2, 0) is 4.79 Å². The number of carbonyl (C=O) groups is 1. The van der Waals surface area contributed by atoms with E-state index in [1.807, 2.05) is 11.0 Å². The molecule has 1 aliphatic heterocycles. The fourth-order valence-electron chi connectivity index (χ4n) is 3.57. The van der Waals surface area contributed by atoms with Crippen LogP contribution in [0.25, 0.3) is 11.0 Å². The Kier molecular flexibility index (Phi) is 5.88. The molecule has 0 radical (unpaired) electrons. The number of para-hydroxylation sites is 2. The zero-order valence-corrected chi connectivity index (χ0v) is 15.4. The van der Waals surface area contributed by atoms with E-state index in [0.29, 0.717) is 6.04 Å². The molecule has 3 rings (SSSR count). The fraction of sp³-hybridized carbons (Fsp3) is 0.556. The summed E-state index contributed by atoms with van der Waals surface area (Å²) in [6.07, 6.45) is 2.07. The third-order valence-electron chi connectivity index (χ3n) is 4.63. The summed E-state index contributed by atoms with van der Waals surface area (Å²) in [4.78, 5) is 19.0. The van der Waals surface area contributed by atoms with E-state index >= 15 is 0 Å². The highest BCUT2D eigenvalue weighted by atomic mass is 35.5. The molecule has 0 spiro atoms. The molecule has 6 heteroatoms. The molecule has 1 aliphatic rings. The summed E-state index contributed by atoms with van der Waals surface area (Å²) >= 11 is 0. The standard InChI is InChI=1S/C18H26N4O.ClH/c1-12(2)22-16-9-5-4-8-15(16)20-17(22)14-7-6-10-21(11-14)18(23)13(3)19;/h4-5,8-9,12-14H,6-7,10-11,19H2,1-3H3;1H. The normalized spacial score (nSPS) is 19.4. The molecule has 1 fully saturated rings. The van der Waals surface area contributed by atoms with Crippen molar-refractivity contribution in [3.05, 3.63) is 30.1 Å². The van der Waals surface area contributed by atoms with Gasteiger partial charge in [-0.25, -0.2) is 4.98 Å². The quantitative estimate of drug-likeness (QED) is 0.925. The molecule has 2 atom stereocenters. The summed E-state index contributed by atoms with van der Waals surface area (Å²) in [5.74, 6) is 1.42. The first-order chi connectivity index (χ1) is 11.0. The van der Waals surface area contributed by atoms with Gasteiger partial charge in [0.15, 0.2) is 0 Å². The lowest BCUT2D eigenvalue weighted by molar-refractivity contribution is -0.133. The molecule has 132 valence electrons. The number of benzene rings is 1. The molecule has 2 unspecified atom stereocenters. The van der Waals surface area contributed by atoms with Crippen molar-refractivity contribution in [2.75, 3.05) is 13.1 Å². The summed E-state index contributed by atoms with van der Waals surface area (Å²) in [7, 11) is 0. The van der Waals surface area contributed by atoms with E-state index in [1.165, 1.54) is 5.52 Å². The van der Waals surface area contributed by atoms with Gasteiger partial charge in [0.1, 0.15) is 5.82 Å². The summed E-state index contributed by atoms with van der Waals surface area (Å²) in [6, 6.07) is 8.18. The Morgan fingerprint density at radius 2 is 2.00 bits per heavy atom. The number of hydrogen-bond donors (Lipinski definition) is 1. The molecular formula is C18H27ClN4O. The van der Waals surface area contributed by atoms with Gasteiger partial charge in [0.05, 0.1) is 17.1 Å². The van der Waals surface area contributed by atoms with Crippen LogP contribution in [0.4, 0.5) is 0 Å². The molecule has 1 saturated heterocycles. The maximum atomic E-state index is 12.2. The molecule has 0 bridgehead atoms. The van der Waals surface area contributed by atoms with Gasteiger partial charge in [0.25, 0.3) is 0 Å². The number of rotatable bonds is 3. The number of nitrogens with zero attached hydrogens (tertiary/aromatic N) is 3. The van der Waals surface area contributed by atoms with E-state index in [-0.39, 0.29) is 24.2 Å². The fourth-order valence-corrected chi connectivity index (χ4v) is 3.57. The van der Waals surface area contributed by atoms with Crippen molar-refractivity contribution in [3.8, 4) is 0 Å². The predicted octanol–water partition coefficient (Wildman–Crippen LogP) is 3.09. The number of likely N-dealkylation sites (tertiary alicyclic amines) is 1. The highest BCUT2D eigenvalue weighted by molar-refractivity contribution is 5.85. The molecule has 1 aromatic heterocycles. The number of nitrogens with two attached hydrogens (primary N) is 1. The van der Waals surface area contributed by atoms with E-state index in [1.54, 1.807) is 6.92 Å². The second-order valence-electron chi connectivity index (χ2n) is 6.83. The van der Waals surface area contributed by atoms with Crippen LogP contribution in [0.1, 0.15) is 51.4 Å². The lowest BCUT2D eigenvalue weighted by Gasteiger charge is -2.34. The van der Waals surface area contributed by atoms with E-state index in [9.17, 15) is 4.79 Å².